The lowest BCUT2D eigenvalue weighted by Gasteiger charge is -2.07. The fourth-order valence-electron chi connectivity index (χ4n) is 0.678. The minimum atomic E-state index is -1.01. The topological polar surface area (TPSA) is 12.4 Å². The number of halogens is 2. The Morgan fingerprint density at radius 3 is 3.11 bits per heavy atom. The monoisotopic (exact) mass is 191 g/mol. The molecule has 9 heavy (non-hydrogen) atoms. The van der Waals surface area contributed by atoms with Gasteiger partial charge in [-0.3, -0.25) is 4.99 Å². The summed E-state index contributed by atoms with van der Waals surface area (Å²) in [6.07, 6.45) is 2.79. The third-order valence-electron chi connectivity index (χ3n) is 1.16. The zero-order valence-electron chi connectivity index (χ0n) is 4.85. The van der Waals surface area contributed by atoms with E-state index in [-0.39, 0.29) is 0 Å². The lowest BCUT2D eigenvalue weighted by molar-refractivity contribution is 0.344. The molecule has 0 radical (unpaired) electrons. The van der Waals surface area contributed by atoms with Crippen molar-refractivity contribution >= 4 is 22.1 Å². The molecule has 1 atom stereocenters. The van der Waals surface area contributed by atoms with Crippen molar-refractivity contribution in [2.75, 3.05) is 5.33 Å². The number of dihydropyridines is 1. The summed E-state index contributed by atoms with van der Waals surface area (Å²) < 4.78 is 12.4. The van der Waals surface area contributed by atoms with E-state index >= 15 is 0 Å². The average molecular weight is 192 g/mol. The number of nitrogens with zero attached hydrogens (tertiary/aromatic N) is 1. The molecular weight excluding hydrogens is 185 g/mol. The van der Waals surface area contributed by atoms with Crippen LogP contribution in [0.5, 0.6) is 0 Å². The molecule has 0 aromatic rings. The predicted octanol–water partition coefficient (Wildman–Crippen LogP) is 2.08. The molecule has 0 aliphatic carbocycles. The highest BCUT2D eigenvalue weighted by molar-refractivity contribution is 9.09. The van der Waals surface area contributed by atoms with E-state index in [9.17, 15) is 4.39 Å². The maximum atomic E-state index is 12.4. The Kier molecular flexibility index (Phi) is 2.39. The van der Waals surface area contributed by atoms with Gasteiger partial charge in [-0.2, -0.15) is 0 Å². The summed E-state index contributed by atoms with van der Waals surface area (Å²) in [5, 5.41) is 0.749. The van der Waals surface area contributed by atoms with E-state index in [1.54, 1.807) is 0 Å². The Hall–Kier alpha value is -0.180. The Balaban J connectivity index is 2.55. The highest BCUT2D eigenvalue weighted by Gasteiger charge is 2.08. The second-order valence-corrected chi connectivity index (χ2v) is 2.46. The van der Waals surface area contributed by atoms with Gasteiger partial charge in [-0.15, -0.1) is 0 Å². The van der Waals surface area contributed by atoms with Crippen molar-refractivity contribution in [2.24, 2.45) is 4.99 Å². The minimum absolute atomic E-state index is 0.446. The van der Waals surface area contributed by atoms with E-state index in [2.05, 4.69) is 20.9 Å². The van der Waals surface area contributed by atoms with Crippen LogP contribution in [0, 0.1) is 0 Å². The van der Waals surface area contributed by atoms with E-state index in [0.717, 1.165) is 10.9 Å². The largest absolute Gasteiger partial charge is 0.257 e. The van der Waals surface area contributed by atoms with Crippen molar-refractivity contribution < 1.29 is 4.39 Å². The highest BCUT2D eigenvalue weighted by Crippen LogP contribution is 2.14. The number of alkyl halides is 2. The molecule has 0 spiro atoms. The third-order valence-corrected chi connectivity index (χ3v) is 1.88. The van der Waals surface area contributed by atoms with Gasteiger partial charge < -0.3 is 0 Å². The van der Waals surface area contributed by atoms with Gasteiger partial charge >= 0.3 is 0 Å². The molecule has 1 rings (SSSR count). The molecular formula is C6H7BrFN. The van der Waals surface area contributed by atoms with Crippen LogP contribution in [0.25, 0.3) is 0 Å². The standard InChI is InChI=1S/C6H7BrFN/c7-4-5-1-2-9-6(8)3-5/h1-2,6H,3-4H2. The van der Waals surface area contributed by atoms with E-state index < -0.39 is 6.30 Å². The summed E-state index contributed by atoms with van der Waals surface area (Å²) >= 11 is 3.24. The second-order valence-electron chi connectivity index (χ2n) is 1.90. The van der Waals surface area contributed by atoms with Gasteiger partial charge in [0.25, 0.3) is 0 Å². The molecule has 0 aromatic carbocycles. The number of hydrogen-bond donors (Lipinski definition) is 0. The lowest BCUT2D eigenvalue weighted by atomic mass is 10.2. The van der Waals surface area contributed by atoms with Crippen LogP contribution < -0.4 is 0 Å². The third kappa shape index (κ3) is 1.90. The molecule has 1 aliphatic heterocycles. The zero-order valence-corrected chi connectivity index (χ0v) is 6.44. The van der Waals surface area contributed by atoms with Crippen molar-refractivity contribution in [1.29, 1.82) is 0 Å². The van der Waals surface area contributed by atoms with Gasteiger partial charge in [0.15, 0.2) is 6.30 Å². The van der Waals surface area contributed by atoms with Gasteiger partial charge in [0.1, 0.15) is 0 Å². The first-order valence-electron chi connectivity index (χ1n) is 2.74. The zero-order chi connectivity index (χ0) is 6.69. The second kappa shape index (κ2) is 3.11. The minimum Gasteiger partial charge on any atom is -0.257 e. The molecule has 0 bridgehead atoms. The Morgan fingerprint density at radius 1 is 1.89 bits per heavy atom. The molecule has 1 heterocycles. The summed E-state index contributed by atoms with van der Waals surface area (Å²) in [6, 6.07) is 0. The van der Waals surface area contributed by atoms with Crippen LogP contribution in [0.2, 0.25) is 0 Å². The molecule has 0 aromatic heterocycles. The molecule has 0 saturated carbocycles. The van der Waals surface area contributed by atoms with E-state index in [1.807, 2.05) is 6.08 Å². The molecule has 1 nitrogen and oxygen atoms in total. The summed E-state index contributed by atoms with van der Waals surface area (Å²) in [5.41, 5.74) is 1.07. The van der Waals surface area contributed by atoms with Gasteiger partial charge in [0.2, 0.25) is 0 Å². The summed E-state index contributed by atoms with van der Waals surface area (Å²) in [7, 11) is 0. The highest BCUT2D eigenvalue weighted by atomic mass is 79.9. The van der Waals surface area contributed by atoms with E-state index in [1.165, 1.54) is 6.21 Å². The molecule has 1 unspecified atom stereocenters. The SMILES string of the molecule is FC1CC(CBr)=CC=N1. The van der Waals surface area contributed by atoms with Gasteiger partial charge in [-0.25, -0.2) is 4.39 Å². The van der Waals surface area contributed by atoms with Gasteiger partial charge in [0.05, 0.1) is 0 Å². The molecule has 3 heteroatoms. The fourth-order valence-corrected chi connectivity index (χ4v) is 1.09. The van der Waals surface area contributed by atoms with Crippen molar-refractivity contribution in [2.45, 2.75) is 12.7 Å². The Bertz CT molecular complexity index is 153. The number of allylic oxidation sites excluding steroid dienone is 1. The van der Waals surface area contributed by atoms with E-state index in [4.69, 9.17) is 0 Å². The quantitative estimate of drug-likeness (QED) is 0.445. The predicted molar refractivity (Wildman–Crippen MR) is 39.9 cm³/mol. The fraction of sp³-hybridized carbons (Fsp3) is 0.500. The smallest absolute Gasteiger partial charge is 0.193 e. The van der Waals surface area contributed by atoms with Crippen LogP contribution >= 0.6 is 15.9 Å². The van der Waals surface area contributed by atoms with Crippen LogP contribution in [-0.2, 0) is 0 Å². The normalized spacial score (nSPS) is 26.0. The maximum Gasteiger partial charge on any atom is 0.193 e. The number of aliphatic imine (C=N–C) groups is 1. The van der Waals surface area contributed by atoms with Crippen molar-refractivity contribution in [3.8, 4) is 0 Å². The van der Waals surface area contributed by atoms with Crippen molar-refractivity contribution in [3.05, 3.63) is 11.6 Å². The molecule has 0 amide bonds. The first-order chi connectivity index (χ1) is 4.33. The van der Waals surface area contributed by atoms with Gasteiger partial charge in [-0.05, 0) is 6.08 Å². The van der Waals surface area contributed by atoms with Crippen LogP contribution in [0.1, 0.15) is 6.42 Å². The molecule has 50 valence electrons. The summed E-state index contributed by atoms with van der Waals surface area (Å²) in [6.45, 7) is 0. The van der Waals surface area contributed by atoms with Crippen LogP contribution in [0.3, 0.4) is 0 Å². The molecule has 0 N–H and O–H groups in total. The molecule has 1 aliphatic rings. The van der Waals surface area contributed by atoms with Gasteiger partial charge in [-0.1, -0.05) is 21.5 Å². The Labute approximate surface area is 61.8 Å². The van der Waals surface area contributed by atoms with E-state index in [0.29, 0.717) is 6.42 Å². The van der Waals surface area contributed by atoms with Crippen LogP contribution in [0.15, 0.2) is 16.6 Å². The van der Waals surface area contributed by atoms with Crippen molar-refractivity contribution in [1.82, 2.24) is 0 Å². The molecule has 0 fully saturated rings. The van der Waals surface area contributed by atoms with Gasteiger partial charge in [0, 0.05) is 18.0 Å². The Morgan fingerprint density at radius 2 is 2.67 bits per heavy atom. The van der Waals surface area contributed by atoms with Crippen molar-refractivity contribution in [3.63, 3.8) is 0 Å². The maximum absolute atomic E-state index is 12.4. The van der Waals surface area contributed by atoms with Crippen LogP contribution in [0.4, 0.5) is 4.39 Å². The average Bonchev–Trinajstić information content (AvgIpc) is 1.88. The lowest BCUT2D eigenvalue weighted by Crippen LogP contribution is -2.03. The number of rotatable bonds is 1. The number of hydrogen-bond acceptors (Lipinski definition) is 1. The molecule has 0 saturated heterocycles. The summed E-state index contributed by atoms with van der Waals surface area (Å²) in [4.78, 5) is 3.54. The summed E-state index contributed by atoms with van der Waals surface area (Å²) in [5.74, 6) is 0. The van der Waals surface area contributed by atoms with Crippen LogP contribution in [-0.4, -0.2) is 17.8 Å². The first kappa shape index (κ1) is 6.93. The first-order valence-corrected chi connectivity index (χ1v) is 3.86.